The Kier molecular flexibility index (Phi) is 7.16. The molecule has 3 fully saturated rings. The third kappa shape index (κ3) is 3.89. The molecule has 2 amide bonds. The molecule has 8 nitrogen and oxygen atoms in total. The molecule has 2 N–H and O–H groups in total. The van der Waals surface area contributed by atoms with E-state index in [1.807, 2.05) is 0 Å². The predicted molar refractivity (Wildman–Crippen MR) is 105 cm³/mol. The Morgan fingerprint density at radius 3 is 2.76 bits per heavy atom. The molecule has 29 heavy (non-hydrogen) atoms. The first kappa shape index (κ1) is 22.0. The minimum atomic E-state index is -0.951. The molecule has 0 radical (unpaired) electrons. The lowest BCUT2D eigenvalue weighted by Gasteiger charge is -2.33. The van der Waals surface area contributed by atoms with Gasteiger partial charge in [-0.15, -0.1) is 0 Å². The first-order valence-corrected chi connectivity index (χ1v) is 11.0. The minimum Gasteiger partial charge on any atom is -0.466 e. The highest BCUT2D eigenvalue weighted by molar-refractivity contribution is 5.98. The molecule has 0 aromatic rings. The number of fused-ring (bicyclic) bond motifs is 1. The van der Waals surface area contributed by atoms with Crippen LogP contribution < -0.4 is 5.32 Å². The Morgan fingerprint density at radius 1 is 1.28 bits per heavy atom. The van der Waals surface area contributed by atoms with Crippen molar-refractivity contribution in [2.45, 2.75) is 76.5 Å². The van der Waals surface area contributed by atoms with Crippen LogP contribution in [-0.4, -0.2) is 71.8 Å². The van der Waals surface area contributed by atoms with Gasteiger partial charge < -0.3 is 24.8 Å². The number of esters is 1. The number of amides is 2. The van der Waals surface area contributed by atoms with Crippen LogP contribution in [0.1, 0.15) is 58.8 Å². The maximum Gasteiger partial charge on any atom is 0.312 e. The van der Waals surface area contributed by atoms with Gasteiger partial charge in [0.2, 0.25) is 11.8 Å². The normalized spacial score (nSPS) is 32.5. The van der Waals surface area contributed by atoms with Crippen LogP contribution in [0.15, 0.2) is 0 Å². The lowest BCUT2D eigenvalue weighted by molar-refractivity contribution is -0.154. The van der Waals surface area contributed by atoms with Gasteiger partial charge >= 0.3 is 5.97 Å². The summed E-state index contributed by atoms with van der Waals surface area (Å²) in [5.41, 5.74) is -0.951. The van der Waals surface area contributed by atoms with E-state index >= 15 is 0 Å². The Balaban J connectivity index is 1.84. The zero-order valence-corrected chi connectivity index (χ0v) is 17.5. The molecule has 0 unspecified atom stereocenters. The number of ether oxygens (including phenoxy) is 2. The van der Waals surface area contributed by atoms with E-state index in [1.54, 1.807) is 11.8 Å². The molecule has 8 heteroatoms. The molecule has 1 spiro atoms. The zero-order valence-electron chi connectivity index (χ0n) is 17.5. The smallest absolute Gasteiger partial charge is 0.312 e. The van der Waals surface area contributed by atoms with Crippen LogP contribution in [-0.2, 0) is 23.9 Å². The second kappa shape index (κ2) is 9.43. The minimum absolute atomic E-state index is 0.0362. The molecule has 164 valence electrons. The molecule has 3 heterocycles. The molecule has 5 atom stereocenters. The second-order valence-electron chi connectivity index (χ2n) is 8.27. The summed E-state index contributed by atoms with van der Waals surface area (Å²) >= 11 is 0. The molecule has 0 aliphatic carbocycles. The van der Waals surface area contributed by atoms with Crippen LogP contribution in [0, 0.1) is 11.8 Å². The summed E-state index contributed by atoms with van der Waals surface area (Å²) in [5, 5.41) is 12.1. The molecular formula is C21H34N2O6. The van der Waals surface area contributed by atoms with Gasteiger partial charge in [-0.2, -0.15) is 0 Å². The quantitative estimate of drug-likeness (QED) is 0.389. The molecule has 3 aliphatic heterocycles. The zero-order chi connectivity index (χ0) is 21.0. The average Bonchev–Trinajstić information content (AvgIpc) is 3.33. The summed E-state index contributed by atoms with van der Waals surface area (Å²) in [4.78, 5) is 40.7. The molecule has 3 saturated heterocycles. The number of rotatable bonds is 11. The fraction of sp³-hybridized carbons (Fsp3) is 0.857. The Bertz CT molecular complexity index is 626. The first-order valence-electron chi connectivity index (χ1n) is 11.0. The molecule has 3 aliphatic rings. The van der Waals surface area contributed by atoms with Crippen LogP contribution in [0.4, 0.5) is 0 Å². The number of carbonyl (C=O) groups excluding carboxylic acids is 3. The van der Waals surface area contributed by atoms with Crippen molar-refractivity contribution < 1.29 is 29.0 Å². The van der Waals surface area contributed by atoms with Gasteiger partial charge in [0.05, 0.1) is 24.5 Å². The highest BCUT2D eigenvalue weighted by Gasteiger charge is 2.74. The molecule has 0 saturated carbocycles. The number of unbranched alkanes of at least 4 members (excludes halogenated alkanes) is 3. The lowest BCUT2D eigenvalue weighted by atomic mass is 9.71. The summed E-state index contributed by atoms with van der Waals surface area (Å²) in [5.74, 6) is -2.12. The number of aliphatic hydroxyl groups excluding tert-OH is 1. The van der Waals surface area contributed by atoms with Crippen LogP contribution >= 0.6 is 0 Å². The third-order valence-corrected chi connectivity index (χ3v) is 6.49. The van der Waals surface area contributed by atoms with Crippen molar-refractivity contribution in [1.82, 2.24) is 10.2 Å². The van der Waals surface area contributed by atoms with Gasteiger partial charge in [-0.25, -0.2) is 0 Å². The average molecular weight is 411 g/mol. The fourth-order valence-electron chi connectivity index (χ4n) is 5.28. The van der Waals surface area contributed by atoms with Gasteiger partial charge in [-0.1, -0.05) is 19.8 Å². The van der Waals surface area contributed by atoms with Crippen molar-refractivity contribution in [3.05, 3.63) is 0 Å². The fourth-order valence-corrected chi connectivity index (χ4v) is 5.28. The molecule has 0 aromatic carbocycles. The molecule has 2 bridgehead atoms. The monoisotopic (exact) mass is 410 g/mol. The summed E-state index contributed by atoms with van der Waals surface area (Å²) in [6.45, 7) is 5.06. The standard InChI is InChI=1S/C21H34N2O6/c1-3-5-6-11-22-18(25)17-21-10-9-14(29-21)15(20(27)28-4-2)16(21)19(26)23(17)12-7-8-13-24/h14-17,24H,3-13H2,1-2H3,(H,22,25)/t14-,15+,16+,17-,21+/m0/s1. The van der Waals surface area contributed by atoms with Crippen molar-refractivity contribution in [2.24, 2.45) is 11.8 Å². The van der Waals surface area contributed by atoms with E-state index in [2.05, 4.69) is 12.2 Å². The summed E-state index contributed by atoms with van der Waals surface area (Å²) in [6.07, 6.45) is 5.00. The number of nitrogens with one attached hydrogen (secondary N) is 1. The first-order chi connectivity index (χ1) is 14.0. The highest BCUT2D eigenvalue weighted by Crippen LogP contribution is 2.58. The van der Waals surface area contributed by atoms with E-state index in [0.717, 1.165) is 19.3 Å². The van der Waals surface area contributed by atoms with E-state index in [1.165, 1.54) is 0 Å². The van der Waals surface area contributed by atoms with Gasteiger partial charge in [0.15, 0.2) is 0 Å². The largest absolute Gasteiger partial charge is 0.466 e. The SMILES string of the molecule is CCCCCNC(=O)[C@@H]1N(CCCCO)C(=O)[C@H]2[C@H](C(=O)OCC)[C@@H]3CC[C@]12O3. The van der Waals surface area contributed by atoms with Gasteiger partial charge in [-0.05, 0) is 39.0 Å². The van der Waals surface area contributed by atoms with Gasteiger partial charge in [-0.3, -0.25) is 14.4 Å². The number of aliphatic hydroxyl groups is 1. The Labute approximate surface area is 172 Å². The van der Waals surface area contributed by atoms with E-state index in [4.69, 9.17) is 14.6 Å². The predicted octanol–water partition coefficient (Wildman–Crippen LogP) is 1.00. The number of likely N-dealkylation sites (tertiary alicyclic amines) is 1. The third-order valence-electron chi connectivity index (χ3n) is 6.49. The lowest BCUT2D eigenvalue weighted by Crippen LogP contribution is -2.55. The molecule has 3 rings (SSSR count). The summed E-state index contributed by atoms with van der Waals surface area (Å²) in [7, 11) is 0. The van der Waals surface area contributed by atoms with Crippen LogP contribution in [0.3, 0.4) is 0 Å². The van der Waals surface area contributed by atoms with E-state index < -0.39 is 29.4 Å². The number of nitrogens with zero attached hydrogens (tertiary/aromatic N) is 1. The summed E-state index contributed by atoms with van der Waals surface area (Å²) in [6, 6.07) is -0.732. The Hall–Kier alpha value is -1.67. The molecular weight excluding hydrogens is 376 g/mol. The van der Waals surface area contributed by atoms with Gasteiger partial charge in [0.1, 0.15) is 11.6 Å². The van der Waals surface area contributed by atoms with E-state index in [9.17, 15) is 14.4 Å². The number of carbonyl (C=O) groups is 3. The van der Waals surface area contributed by atoms with E-state index in [-0.39, 0.29) is 31.1 Å². The second-order valence-corrected chi connectivity index (χ2v) is 8.27. The number of hydrogen-bond acceptors (Lipinski definition) is 6. The summed E-state index contributed by atoms with van der Waals surface area (Å²) < 4.78 is 11.5. The molecule has 0 aromatic heterocycles. The van der Waals surface area contributed by atoms with Crippen molar-refractivity contribution >= 4 is 17.8 Å². The maximum absolute atomic E-state index is 13.4. The topological polar surface area (TPSA) is 105 Å². The van der Waals surface area contributed by atoms with Crippen molar-refractivity contribution in [1.29, 1.82) is 0 Å². The Morgan fingerprint density at radius 2 is 2.07 bits per heavy atom. The van der Waals surface area contributed by atoms with Crippen LogP contribution in [0.5, 0.6) is 0 Å². The van der Waals surface area contributed by atoms with Crippen molar-refractivity contribution in [3.8, 4) is 0 Å². The van der Waals surface area contributed by atoms with Crippen molar-refractivity contribution in [2.75, 3.05) is 26.3 Å². The van der Waals surface area contributed by atoms with Crippen molar-refractivity contribution in [3.63, 3.8) is 0 Å². The van der Waals surface area contributed by atoms with Gasteiger partial charge in [0, 0.05) is 19.7 Å². The highest BCUT2D eigenvalue weighted by atomic mass is 16.6. The van der Waals surface area contributed by atoms with E-state index in [0.29, 0.717) is 38.8 Å². The van der Waals surface area contributed by atoms with Gasteiger partial charge in [0.25, 0.3) is 0 Å². The van der Waals surface area contributed by atoms with Crippen LogP contribution in [0.2, 0.25) is 0 Å². The maximum atomic E-state index is 13.4. The van der Waals surface area contributed by atoms with Crippen LogP contribution in [0.25, 0.3) is 0 Å². The number of hydrogen-bond donors (Lipinski definition) is 2.